The van der Waals surface area contributed by atoms with E-state index in [1.54, 1.807) is 6.92 Å². The van der Waals surface area contributed by atoms with Gasteiger partial charge in [0.05, 0.1) is 17.6 Å². The van der Waals surface area contributed by atoms with Gasteiger partial charge in [0.1, 0.15) is 0 Å². The fourth-order valence-electron chi connectivity index (χ4n) is 3.92. The Morgan fingerprint density at radius 3 is 3.08 bits per heavy atom. The van der Waals surface area contributed by atoms with Crippen LogP contribution in [0.1, 0.15) is 31.9 Å². The van der Waals surface area contributed by atoms with Gasteiger partial charge in [-0.05, 0) is 38.3 Å². The van der Waals surface area contributed by atoms with E-state index in [0.717, 1.165) is 51.2 Å². The minimum atomic E-state index is -3.13. The molecule has 2 saturated heterocycles. The van der Waals surface area contributed by atoms with Crippen molar-refractivity contribution in [2.45, 2.75) is 38.8 Å². The molecular formula is C17H27N3O3S. The Kier molecular flexibility index (Phi) is 5.54. The van der Waals surface area contributed by atoms with Crippen molar-refractivity contribution in [2.75, 3.05) is 32.0 Å². The SMILES string of the molecule is CCS(=O)(=O)NCC[C@]12CCO[C@H]1CCN(Cc1ccccn1)C2. The summed E-state index contributed by atoms with van der Waals surface area (Å²) >= 11 is 0. The summed E-state index contributed by atoms with van der Waals surface area (Å²) in [5.41, 5.74) is 1.14. The van der Waals surface area contributed by atoms with Crippen molar-refractivity contribution in [3.8, 4) is 0 Å². The van der Waals surface area contributed by atoms with Crippen LogP contribution in [0.3, 0.4) is 0 Å². The van der Waals surface area contributed by atoms with Crippen molar-refractivity contribution in [1.82, 2.24) is 14.6 Å². The summed E-state index contributed by atoms with van der Waals surface area (Å²) in [5.74, 6) is 0.131. The first-order valence-corrected chi connectivity index (χ1v) is 10.4. The number of sulfonamides is 1. The third-order valence-electron chi connectivity index (χ3n) is 5.28. The average Bonchev–Trinajstić information content (AvgIpc) is 2.98. The number of fused-ring (bicyclic) bond motifs is 1. The number of hydrogen-bond acceptors (Lipinski definition) is 5. The molecule has 6 nitrogen and oxygen atoms in total. The highest BCUT2D eigenvalue weighted by molar-refractivity contribution is 7.89. The van der Waals surface area contributed by atoms with Gasteiger partial charge in [-0.15, -0.1) is 0 Å². The second-order valence-corrected chi connectivity index (χ2v) is 8.94. The third kappa shape index (κ3) is 4.14. The molecule has 0 radical (unpaired) electrons. The highest BCUT2D eigenvalue weighted by Gasteiger charge is 2.47. The smallest absolute Gasteiger partial charge is 0.211 e. The van der Waals surface area contributed by atoms with Crippen molar-refractivity contribution in [2.24, 2.45) is 5.41 Å². The standard InChI is InChI=1S/C17H27N3O3S/c1-2-24(21,22)19-10-7-17-8-12-23-16(17)6-11-20(14-17)13-15-5-3-4-9-18-15/h3-5,9,16,19H,2,6-8,10-14H2,1H3/t16-,17+/m0/s1. The molecule has 3 heterocycles. The van der Waals surface area contributed by atoms with Crippen molar-refractivity contribution < 1.29 is 13.2 Å². The van der Waals surface area contributed by atoms with Gasteiger partial charge in [0.15, 0.2) is 0 Å². The second-order valence-electron chi connectivity index (χ2n) is 6.84. The molecule has 24 heavy (non-hydrogen) atoms. The van der Waals surface area contributed by atoms with Gasteiger partial charge >= 0.3 is 0 Å². The van der Waals surface area contributed by atoms with Crippen LogP contribution in [0.4, 0.5) is 0 Å². The lowest BCUT2D eigenvalue weighted by Gasteiger charge is -2.43. The number of nitrogens with zero attached hydrogens (tertiary/aromatic N) is 2. The van der Waals surface area contributed by atoms with E-state index in [1.807, 2.05) is 18.3 Å². The third-order valence-corrected chi connectivity index (χ3v) is 6.69. The predicted octanol–water partition coefficient (Wildman–Crippen LogP) is 1.39. The van der Waals surface area contributed by atoms with Gasteiger partial charge < -0.3 is 4.74 Å². The average molecular weight is 353 g/mol. The van der Waals surface area contributed by atoms with Crippen LogP contribution in [0.25, 0.3) is 0 Å². The number of pyridine rings is 1. The number of piperidine rings is 1. The van der Waals surface area contributed by atoms with Crippen LogP contribution in [0, 0.1) is 5.41 Å². The van der Waals surface area contributed by atoms with Crippen molar-refractivity contribution in [3.05, 3.63) is 30.1 Å². The quantitative estimate of drug-likeness (QED) is 0.802. The normalized spacial score (nSPS) is 28.0. The maximum atomic E-state index is 11.7. The van der Waals surface area contributed by atoms with Gasteiger partial charge in [-0.25, -0.2) is 13.1 Å². The largest absolute Gasteiger partial charge is 0.378 e. The summed E-state index contributed by atoms with van der Waals surface area (Å²) in [6.45, 7) is 5.73. The molecule has 1 aromatic heterocycles. The summed E-state index contributed by atoms with van der Waals surface area (Å²) in [6, 6.07) is 6.00. The van der Waals surface area contributed by atoms with Crippen LogP contribution in [-0.2, 0) is 21.3 Å². The predicted molar refractivity (Wildman–Crippen MR) is 93.0 cm³/mol. The van der Waals surface area contributed by atoms with Crippen LogP contribution < -0.4 is 4.72 Å². The first-order chi connectivity index (χ1) is 11.5. The van der Waals surface area contributed by atoms with E-state index in [9.17, 15) is 8.42 Å². The summed E-state index contributed by atoms with van der Waals surface area (Å²) in [7, 11) is -3.13. The minimum absolute atomic E-state index is 0.0588. The van der Waals surface area contributed by atoms with E-state index in [1.165, 1.54) is 0 Å². The Morgan fingerprint density at radius 2 is 2.33 bits per heavy atom. The molecule has 0 bridgehead atoms. The number of rotatable bonds is 7. The zero-order valence-corrected chi connectivity index (χ0v) is 15.1. The number of nitrogens with one attached hydrogen (secondary N) is 1. The van der Waals surface area contributed by atoms with Crippen LogP contribution >= 0.6 is 0 Å². The van der Waals surface area contributed by atoms with Crippen LogP contribution in [0.5, 0.6) is 0 Å². The molecule has 2 fully saturated rings. The van der Waals surface area contributed by atoms with Gasteiger partial charge in [-0.2, -0.15) is 0 Å². The van der Waals surface area contributed by atoms with Gasteiger partial charge in [-0.3, -0.25) is 9.88 Å². The first kappa shape index (κ1) is 17.8. The highest BCUT2D eigenvalue weighted by atomic mass is 32.2. The second kappa shape index (κ2) is 7.47. The van der Waals surface area contributed by atoms with Crippen LogP contribution in [0.2, 0.25) is 0 Å². The fourth-order valence-corrected chi connectivity index (χ4v) is 4.53. The molecule has 0 amide bonds. The lowest BCUT2D eigenvalue weighted by Crippen LogP contribution is -2.50. The monoisotopic (exact) mass is 353 g/mol. The molecule has 1 aromatic rings. The lowest BCUT2D eigenvalue weighted by atomic mass is 9.74. The first-order valence-electron chi connectivity index (χ1n) is 8.74. The molecule has 2 aliphatic rings. The molecule has 2 atom stereocenters. The molecule has 0 spiro atoms. The fraction of sp³-hybridized carbons (Fsp3) is 0.706. The van der Waals surface area contributed by atoms with Gasteiger partial charge in [0.25, 0.3) is 0 Å². The summed E-state index contributed by atoms with van der Waals surface area (Å²) in [4.78, 5) is 6.85. The molecule has 0 unspecified atom stereocenters. The Labute approximate surface area is 144 Å². The van der Waals surface area contributed by atoms with E-state index in [2.05, 4.69) is 20.7 Å². The zero-order chi connectivity index (χ0) is 17.0. The molecule has 0 aliphatic carbocycles. The summed E-state index contributed by atoms with van der Waals surface area (Å²) < 4.78 is 32.0. The molecule has 0 aromatic carbocycles. The molecule has 2 aliphatic heterocycles. The molecule has 7 heteroatoms. The van der Waals surface area contributed by atoms with Crippen LogP contribution in [-0.4, -0.2) is 56.4 Å². The van der Waals surface area contributed by atoms with Crippen molar-refractivity contribution >= 4 is 10.0 Å². The molecule has 3 rings (SSSR count). The zero-order valence-electron chi connectivity index (χ0n) is 14.3. The minimum Gasteiger partial charge on any atom is -0.378 e. The van der Waals surface area contributed by atoms with Crippen molar-refractivity contribution in [3.63, 3.8) is 0 Å². The van der Waals surface area contributed by atoms with Crippen LogP contribution in [0.15, 0.2) is 24.4 Å². The highest BCUT2D eigenvalue weighted by Crippen LogP contribution is 2.43. The van der Waals surface area contributed by atoms with Gasteiger partial charge in [-0.1, -0.05) is 6.07 Å². The summed E-state index contributed by atoms with van der Waals surface area (Å²) in [5, 5.41) is 0. The van der Waals surface area contributed by atoms with E-state index in [0.29, 0.717) is 6.54 Å². The number of ether oxygens (including phenoxy) is 1. The molecule has 1 N–H and O–H groups in total. The topological polar surface area (TPSA) is 71.5 Å². The Bertz CT molecular complexity index is 638. The van der Waals surface area contributed by atoms with E-state index in [-0.39, 0.29) is 17.3 Å². The lowest BCUT2D eigenvalue weighted by molar-refractivity contribution is -0.0239. The molecule has 0 saturated carbocycles. The van der Waals surface area contributed by atoms with Gasteiger partial charge in [0.2, 0.25) is 10.0 Å². The number of aromatic nitrogens is 1. The molecular weight excluding hydrogens is 326 g/mol. The van der Waals surface area contributed by atoms with Gasteiger partial charge in [0, 0.05) is 44.4 Å². The summed E-state index contributed by atoms with van der Waals surface area (Å²) in [6.07, 6.45) is 4.92. The maximum Gasteiger partial charge on any atom is 0.211 e. The van der Waals surface area contributed by atoms with Crippen molar-refractivity contribution in [1.29, 1.82) is 0 Å². The van der Waals surface area contributed by atoms with E-state index >= 15 is 0 Å². The maximum absolute atomic E-state index is 11.7. The molecule has 134 valence electrons. The number of hydrogen-bond donors (Lipinski definition) is 1. The Hall–Kier alpha value is -1.02. The van der Waals surface area contributed by atoms with E-state index in [4.69, 9.17) is 4.74 Å². The number of likely N-dealkylation sites (tertiary alicyclic amines) is 1. The van der Waals surface area contributed by atoms with E-state index < -0.39 is 10.0 Å². The Morgan fingerprint density at radius 1 is 1.46 bits per heavy atom. The Balaban J connectivity index is 1.63.